The highest BCUT2D eigenvalue weighted by atomic mass is 19.1. The predicted octanol–water partition coefficient (Wildman–Crippen LogP) is 6.34. The van der Waals surface area contributed by atoms with Crippen LogP contribution in [0.2, 0.25) is 0 Å². The van der Waals surface area contributed by atoms with Gasteiger partial charge in [0.05, 0.1) is 13.2 Å². The Morgan fingerprint density at radius 1 is 1.00 bits per heavy atom. The van der Waals surface area contributed by atoms with Gasteiger partial charge >= 0.3 is 5.97 Å². The normalized spacial score (nSPS) is 14.2. The zero-order chi connectivity index (χ0) is 23.9. The van der Waals surface area contributed by atoms with E-state index in [0.717, 1.165) is 28.0 Å². The molecule has 1 N–H and O–H groups in total. The average Bonchev–Trinajstić information content (AvgIpc) is 2.87. The van der Waals surface area contributed by atoms with Crippen molar-refractivity contribution in [3.63, 3.8) is 0 Å². The molecular formula is C29H31FO4. The largest absolute Gasteiger partial charge is 0.491 e. The highest BCUT2D eigenvalue weighted by molar-refractivity contribution is 5.89. The van der Waals surface area contributed by atoms with E-state index in [9.17, 15) is 4.79 Å². The van der Waals surface area contributed by atoms with Crippen molar-refractivity contribution in [2.24, 2.45) is 0 Å². The lowest BCUT2D eigenvalue weighted by Gasteiger charge is -2.22. The maximum Gasteiger partial charge on any atom is 0.330 e. The third kappa shape index (κ3) is 5.65. The van der Waals surface area contributed by atoms with E-state index in [1.165, 1.54) is 37.7 Å². The number of benzene rings is 3. The SMILES string of the molecule is C=CC(=O)OCCc1cc(OCCO)ccc1-c1cc2ccc(C3CCCCC3)cc2cc1F. The first-order valence-corrected chi connectivity index (χ1v) is 12.0. The number of hydrogen-bond acceptors (Lipinski definition) is 4. The van der Waals surface area contributed by atoms with E-state index < -0.39 is 5.97 Å². The molecule has 0 unspecified atom stereocenters. The highest BCUT2D eigenvalue weighted by Gasteiger charge is 2.17. The fourth-order valence-electron chi connectivity index (χ4n) is 4.80. The van der Waals surface area contributed by atoms with Gasteiger partial charge in [-0.1, -0.05) is 50.1 Å². The Bertz CT molecular complexity index is 1160. The maximum absolute atomic E-state index is 15.4. The van der Waals surface area contributed by atoms with Gasteiger partial charge < -0.3 is 14.6 Å². The number of hydrogen-bond donors (Lipinski definition) is 1. The van der Waals surface area contributed by atoms with Gasteiger partial charge in [-0.05, 0) is 70.5 Å². The molecule has 4 nitrogen and oxygen atoms in total. The van der Waals surface area contributed by atoms with Crippen molar-refractivity contribution in [3.8, 4) is 16.9 Å². The Hall–Kier alpha value is -3.18. The van der Waals surface area contributed by atoms with E-state index in [2.05, 4.69) is 24.8 Å². The van der Waals surface area contributed by atoms with Crippen molar-refractivity contribution in [2.45, 2.75) is 44.4 Å². The Balaban J connectivity index is 1.67. The molecule has 1 aliphatic carbocycles. The number of carbonyl (C=O) groups excluding carboxylic acids is 1. The van der Waals surface area contributed by atoms with Crippen molar-refractivity contribution in [3.05, 3.63) is 78.1 Å². The van der Waals surface area contributed by atoms with Gasteiger partial charge in [0.2, 0.25) is 0 Å². The fraction of sp³-hybridized carbons (Fsp3) is 0.345. The molecule has 178 valence electrons. The maximum atomic E-state index is 15.4. The molecule has 0 saturated heterocycles. The molecule has 0 atom stereocenters. The van der Waals surface area contributed by atoms with Gasteiger partial charge in [-0.2, -0.15) is 0 Å². The van der Waals surface area contributed by atoms with Crippen LogP contribution < -0.4 is 4.74 Å². The summed E-state index contributed by atoms with van der Waals surface area (Å²) < 4.78 is 26.1. The molecular weight excluding hydrogens is 431 g/mol. The van der Waals surface area contributed by atoms with Crippen molar-refractivity contribution in [2.75, 3.05) is 19.8 Å². The van der Waals surface area contributed by atoms with Crippen LogP contribution in [0.1, 0.15) is 49.1 Å². The Labute approximate surface area is 200 Å². The first-order chi connectivity index (χ1) is 16.6. The molecule has 0 aromatic heterocycles. The summed E-state index contributed by atoms with van der Waals surface area (Å²) in [6.07, 6.45) is 7.75. The van der Waals surface area contributed by atoms with E-state index in [4.69, 9.17) is 14.6 Å². The topological polar surface area (TPSA) is 55.8 Å². The molecule has 0 amide bonds. The van der Waals surface area contributed by atoms with E-state index in [0.29, 0.717) is 23.7 Å². The van der Waals surface area contributed by atoms with Crippen molar-refractivity contribution in [1.82, 2.24) is 0 Å². The summed E-state index contributed by atoms with van der Waals surface area (Å²) in [6, 6.07) is 15.3. The van der Waals surface area contributed by atoms with Crippen LogP contribution in [0.4, 0.5) is 4.39 Å². The summed E-state index contributed by atoms with van der Waals surface area (Å²) in [5.74, 6) is 0.347. The van der Waals surface area contributed by atoms with Crippen LogP contribution in [0, 0.1) is 5.82 Å². The number of carbonyl (C=O) groups is 1. The second-order valence-electron chi connectivity index (χ2n) is 8.79. The smallest absolute Gasteiger partial charge is 0.330 e. The Kier molecular flexibility index (Phi) is 7.96. The molecule has 1 saturated carbocycles. The summed E-state index contributed by atoms with van der Waals surface area (Å²) in [5.41, 5.74) is 3.32. The molecule has 0 spiro atoms. The monoisotopic (exact) mass is 462 g/mol. The summed E-state index contributed by atoms with van der Waals surface area (Å²) >= 11 is 0. The summed E-state index contributed by atoms with van der Waals surface area (Å²) in [7, 11) is 0. The second kappa shape index (κ2) is 11.3. The highest BCUT2D eigenvalue weighted by Crippen LogP contribution is 2.36. The summed E-state index contributed by atoms with van der Waals surface area (Å²) in [5, 5.41) is 11.0. The zero-order valence-corrected chi connectivity index (χ0v) is 19.4. The van der Waals surface area contributed by atoms with Crippen molar-refractivity contribution >= 4 is 16.7 Å². The standard InChI is InChI=1S/C29H31FO4/c1-2-29(32)34-14-12-23-17-25(33-15-13-31)10-11-26(23)27-18-22-9-8-21(16-24(22)19-28(27)30)20-6-4-3-5-7-20/h2,8-11,16-20,31H,1,3-7,12-15H2. The van der Waals surface area contributed by atoms with Crippen molar-refractivity contribution < 1.29 is 23.8 Å². The van der Waals surface area contributed by atoms with Gasteiger partial charge in [0.15, 0.2) is 0 Å². The van der Waals surface area contributed by atoms with Crippen LogP contribution in [0.3, 0.4) is 0 Å². The third-order valence-electron chi connectivity index (χ3n) is 6.54. The number of halogens is 1. The first-order valence-electron chi connectivity index (χ1n) is 12.0. The number of aliphatic hydroxyl groups excluding tert-OH is 1. The van der Waals surface area contributed by atoms with Crippen LogP contribution in [0.15, 0.2) is 61.2 Å². The summed E-state index contributed by atoms with van der Waals surface area (Å²) in [6.45, 7) is 3.61. The number of esters is 1. The molecule has 3 aromatic carbocycles. The molecule has 1 fully saturated rings. The number of ether oxygens (including phenoxy) is 2. The first kappa shape index (κ1) is 24.0. The third-order valence-corrected chi connectivity index (χ3v) is 6.54. The molecule has 0 bridgehead atoms. The zero-order valence-electron chi connectivity index (χ0n) is 19.4. The Morgan fingerprint density at radius 2 is 1.82 bits per heavy atom. The second-order valence-corrected chi connectivity index (χ2v) is 8.79. The number of fused-ring (bicyclic) bond motifs is 1. The predicted molar refractivity (Wildman–Crippen MR) is 133 cm³/mol. The average molecular weight is 463 g/mol. The number of aliphatic hydroxyl groups is 1. The lowest BCUT2D eigenvalue weighted by atomic mass is 9.83. The van der Waals surface area contributed by atoms with Crippen LogP contribution in [0.25, 0.3) is 21.9 Å². The quantitative estimate of drug-likeness (QED) is 0.298. The van der Waals surface area contributed by atoms with Crippen LogP contribution >= 0.6 is 0 Å². The van der Waals surface area contributed by atoms with Crippen molar-refractivity contribution in [1.29, 1.82) is 0 Å². The molecule has 4 rings (SSSR count). The number of rotatable bonds is 9. The van der Waals surface area contributed by atoms with E-state index in [1.54, 1.807) is 12.1 Å². The van der Waals surface area contributed by atoms with E-state index in [1.807, 2.05) is 18.2 Å². The van der Waals surface area contributed by atoms with Gasteiger partial charge in [-0.3, -0.25) is 0 Å². The Morgan fingerprint density at radius 3 is 2.59 bits per heavy atom. The molecule has 0 heterocycles. The van der Waals surface area contributed by atoms with Crippen LogP contribution in [0.5, 0.6) is 5.75 Å². The lowest BCUT2D eigenvalue weighted by molar-refractivity contribution is -0.137. The molecule has 3 aromatic rings. The molecule has 0 aliphatic heterocycles. The van der Waals surface area contributed by atoms with Gasteiger partial charge in [-0.15, -0.1) is 0 Å². The minimum Gasteiger partial charge on any atom is -0.491 e. The van der Waals surface area contributed by atoms with E-state index in [-0.39, 0.29) is 25.6 Å². The summed E-state index contributed by atoms with van der Waals surface area (Å²) in [4.78, 5) is 11.5. The van der Waals surface area contributed by atoms with Gasteiger partial charge in [0, 0.05) is 18.1 Å². The lowest BCUT2D eigenvalue weighted by Crippen LogP contribution is -2.07. The van der Waals surface area contributed by atoms with Crippen LogP contribution in [-0.2, 0) is 16.0 Å². The minimum absolute atomic E-state index is 0.101. The minimum atomic E-state index is -0.500. The van der Waals surface area contributed by atoms with Gasteiger partial charge in [-0.25, -0.2) is 9.18 Å². The van der Waals surface area contributed by atoms with E-state index >= 15 is 4.39 Å². The molecule has 0 radical (unpaired) electrons. The van der Waals surface area contributed by atoms with Gasteiger partial charge in [0.25, 0.3) is 0 Å². The molecule has 1 aliphatic rings. The van der Waals surface area contributed by atoms with Crippen LogP contribution in [-0.4, -0.2) is 30.9 Å². The molecule has 34 heavy (non-hydrogen) atoms. The molecule has 5 heteroatoms. The van der Waals surface area contributed by atoms with Gasteiger partial charge in [0.1, 0.15) is 18.2 Å². The fourth-order valence-corrected chi connectivity index (χ4v) is 4.80.